The molecule has 1 aliphatic carbocycles. The Hall–Kier alpha value is -1.53. The summed E-state index contributed by atoms with van der Waals surface area (Å²) in [6.45, 7) is 6.51. The number of halogens is 2. The highest BCUT2D eigenvalue weighted by Gasteiger charge is 2.30. The number of hydrogen-bond donors (Lipinski definition) is 0. The number of methoxy groups -OCH3 is 1. The number of rotatable bonds is 7. The summed E-state index contributed by atoms with van der Waals surface area (Å²) in [5.41, 5.74) is 3.49. The molecule has 2 aromatic rings. The fraction of sp³-hybridized carbons (Fsp3) is 0.435. The average Bonchev–Trinajstić information content (AvgIpc) is 3.07. The highest BCUT2D eigenvalue weighted by Crippen LogP contribution is 2.48. The van der Waals surface area contributed by atoms with E-state index in [9.17, 15) is 4.79 Å². The summed E-state index contributed by atoms with van der Waals surface area (Å²) in [5.74, 6) is 2.74. The van der Waals surface area contributed by atoms with E-state index in [0.717, 1.165) is 44.6 Å². The first kappa shape index (κ1) is 22.2. The minimum atomic E-state index is -0.141. The van der Waals surface area contributed by atoms with Gasteiger partial charge in [-0.25, -0.2) is 0 Å². The molecular formula is C23H26Br2O4. The molecule has 4 nitrogen and oxygen atoms in total. The number of carbonyl (C=O) groups is 1. The van der Waals surface area contributed by atoms with Gasteiger partial charge in [0.25, 0.3) is 0 Å². The molecule has 1 aliphatic rings. The molecule has 3 rings (SSSR count). The van der Waals surface area contributed by atoms with Crippen LogP contribution in [0.2, 0.25) is 0 Å². The maximum atomic E-state index is 11.9. The van der Waals surface area contributed by atoms with Crippen LogP contribution in [-0.4, -0.2) is 19.7 Å². The molecular weight excluding hydrogens is 500 g/mol. The number of ether oxygens (including phenoxy) is 3. The van der Waals surface area contributed by atoms with E-state index in [2.05, 4.69) is 51.8 Å². The maximum Gasteiger partial charge on any atom is 0.306 e. The van der Waals surface area contributed by atoms with Crippen LogP contribution in [0.4, 0.5) is 0 Å². The van der Waals surface area contributed by atoms with Crippen molar-refractivity contribution in [2.24, 2.45) is 0 Å². The number of carbonyl (C=O) groups excluding carboxylic acids is 1. The number of fused-ring (bicyclic) bond motifs is 1. The highest BCUT2D eigenvalue weighted by atomic mass is 79.9. The SMILES string of the molecule is CCOC(=O)CC1CCc2c1cc(Br)c(Oc1ccc(OC)c(C(C)C)c1)c2Br. The molecule has 6 heteroatoms. The second kappa shape index (κ2) is 9.52. The van der Waals surface area contributed by atoms with Gasteiger partial charge in [0.05, 0.1) is 29.1 Å². The van der Waals surface area contributed by atoms with Crippen molar-refractivity contribution in [3.05, 3.63) is 49.9 Å². The van der Waals surface area contributed by atoms with E-state index in [0.29, 0.717) is 18.9 Å². The Labute approximate surface area is 189 Å². The summed E-state index contributed by atoms with van der Waals surface area (Å²) >= 11 is 7.41. The van der Waals surface area contributed by atoms with Gasteiger partial charge in [0, 0.05) is 5.56 Å². The van der Waals surface area contributed by atoms with Crippen molar-refractivity contribution >= 4 is 37.8 Å². The van der Waals surface area contributed by atoms with Crippen LogP contribution < -0.4 is 9.47 Å². The second-order valence-corrected chi connectivity index (χ2v) is 9.12. The van der Waals surface area contributed by atoms with Crippen molar-refractivity contribution in [1.29, 1.82) is 0 Å². The third-order valence-electron chi connectivity index (χ3n) is 5.26. The third-order valence-corrected chi connectivity index (χ3v) is 6.68. The number of benzene rings is 2. The van der Waals surface area contributed by atoms with Crippen molar-refractivity contribution in [3.63, 3.8) is 0 Å². The van der Waals surface area contributed by atoms with Crippen molar-refractivity contribution in [2.75, 3.05) is 13.7 Å². The molecule has 2 aromatic carbocycles. The van der Waals surface area contributed by atoms with Crippen LogP contribution in [0.1, 0.15) is 62.1 Å². The van der Waals surface area contributed by atoms with Crippen molar-refractivity contribution in [1.82, 2.24) is 0 Å². The fourth-order valence-corrected chi connectivity index (χ4v) is 5.34. The van der Waals surface area contributed by atoms with Gasteiger partial charge in [-0.3, -0.25) is 4.79 Å². The zero-order valence-corrected chi connectivity index (χ0v) is 20.4. The van der Waals surface area contributed by atoms with Crippen molar-refractivity contribution in [3.8, 4) is 17.2 Å². The Morgan fingerprint density at radius 3 is 2.66 bits per heavy atom. The Balaban J connectivity index is 1.89. The predicted molar refractivity (Wildman–Crippen MR) is 121 cm³/mol. The molecule has 0 bridgehead atoms. The van der Waals surface area contributed by atoms with E-state index in [-0.39, 0.29) is 11.9 Å². The molecule has 0 amide bonds. The van der Waals surface area contributed by atoms with Crippen LogP contribution in [-0.2, 0) is 16.0 Å². The highest BCUT2D eigenvalue weighted by molar-refractivity contribution is 9.11. The lowest BCUT2D eigenvalue weighted by Gasteiger charge is -2.18. The van der Waals surface area contributed by atoms with E-state index in [1.165, 1.54) is 11.1 Å². The monoisotopic (exact) mass is 524 g/mol. The van der Waals surface area contributed by atoms with Gasteiger partial charge in [0.1, 0.15) is 11.5 Å². The zero-order valence-electron chi connectivity index (χ0n) is 17.2. The molecule has 0 fully saturated rings. The van der Waals surface area contributed by atoms with Crippen LogP contribution in [0.3, 0.4) is 0 Å². The average molecular weight is 526 g/mol. The quantitative estimate of drug-likeness (QED) is 0.361. The van der Waals surface area contributed by atoms with Gasteiger partial charge in [-0.1, -0.05) is 13.8 Å². The largest absolute Gasteiger partial charge is 0.496 e. The van der Waals surface area contributed by atoms with Gasteiger partial charge in [0.15, 0.2) is 5.75 Å². The Bertz CT molecular complexity index is 908. The topological polar surface area (TPSA) is 44.8 Å². The van der Waals surface area contributed by atoms with Gasteiger partial charge in [-0.05, 0) is 98.9 Å². The van der Waals surface area contributed by atoms with Gasteiger partial charge < -0.3 is 14.2 Å². The smallest absolute Gasteiger partial charge is 0.306 e. The van der Waals surface area contributed by atoms with Gasteiger partial charge in [-0.15, -0.1) is 0 Å². The maximum absolute atomic E-state index is 11.9. The first-order chi connectivity index (χ1) is 13.8. The molecule has 0 saturated heterocycles. The molecule has 29 heavy (non-hydrogen) atoms. The van der Waals surface area contributed by atoms with Crippen molar-refractivity contribution < 1.29 is 19.0 Å². The van der Waals surface area contributed by atoms with Crippen molar-refractivity contribution in [2.45, 2.75) is 51.9 Å². The summed E-state index contributed by atoms with van der Waals surface area (Å²) in [4.78, 5) is 11.9. The van der Waals surface area contributed by atoms with Crippen LogP contribution in [0.15, 0.2) is 33.2 Å². The lowest BCUT2D eigenvalue weighted by Crippen LogP contribution is -2.08. The normalized spacial score (nSPS) is 15.3. The molecule has 1 atom stereocenters. The number of esters is 1. The summed E-state index contributed by atoms with van der Waals surface area (Å²) in [7, 11) is 1.68. The zero-order chi connectivity index (χ0) is 21.1. The standard InChI is InChI=1S/C23H26Br2O4/c1-5-28-21(26)10-14-6-8-16-18(14)12-19(24)23(22(16)25)29-15-7-9-20(27-4)17(11-15)13(2)3/h7,9,11-14H,5-6,8,10H2,1-4H3. The summed E-state index contributed by atoms with van der Waals surface area (Å²) < 4.78 is 18.7. The number of hydrogen-bond acceptors (Lipinski definition) is 4. The lowest BCUT2D eigenvalue weighted by molar-refractivity contribution is -0.143. The Morgan fingerprint density at radius 1 is 1.24 bits per heavy atom. The predicted octanol–water partition coefficient (Wildman–Crippen LogP) is 7.12. The second-order valence-electron chi connectivity index (χ2n) is 7.47. The molecule has 0 aromatic heterocycles. The fourth-order valence-electron chi connectivity index (χ4n) is 3.82. The van der Waals surface area contributed by atoms with E-state index in [1.807, 2.05) is 25.1 Å². The van der Waals surface area contributed by atoms with E-state index >= 15 is 0 Å². The Kier molecular flexibility index (Phi) is 7.28. The molecule has 0 heterocycles. The first-order valence-electron chi connectivity index (χ1n) is 9.87. The summed E-state index contributed by atoms with van der Waals surface area (Å²) in [6, 6.07) is 7.97. The van der Waals surface area contributed by atoms with E-state index in [1.54, 1.807) is 7.11 Å². The molecule has 0 aliphatic heterocycles. The molecule has 0 radical (unpaired) electrons. The van der Waals surface area contributed by atoms with Gasteiger partial charge in [-0.2, -0.15) is 0 Å². The van der Waals surface area contributed by atoms with Crippen LogP contribution >= 0.6 is 31.9 Å². The molecule has 1 unspecified atom stereocenters. The summed E-state index contributed by atoms with van der Waals surface area (Å²) in [6.07, 6.45) is 2.25. The molecule has 0 spiro atoms. The van der Waals surface area contributed by atoms with E-state index in [4.69, 9.17) is 14.2 Å². The summed E-state index contributed by atoms with van der Waals surface area (Å²) in [5, 5.41) is 0. The third kappa shape index (κ3) is 4.80. The van der Waals surface area contributed by atoms with Gasteiger partial charge >= 0.3 is 5.97 Å². The van der Waals surface area contributed by atoms with E-state index < -0.39 is 0 Å². The van der Waals surface area contributed by atoms with Gasteiger partial charge in [0.2, 0.25) is 0 Å². The first-order valence-corrected chi connectivity index (χ1v) is 11.5. The minimum Gasteiger partial charge on any atom is -0.496 e. The lowest BCUT2D eigenvalue weighted by atomic mass is 9.98. The minimum absolute atomic E-state index is 0.141. The van der Waals surface area contributed by atoms with Crippen LogP contribution in [0.25, 0.3) is 0 Å². The molecule has 0 saturated carbocycles. The van der Waals surface area contributed by atoms with Crippen LogP contribution in [0, 0.1) is 0 Å². The Morgan fingerprint density at radius 2 is 2.00 bits per heavy atom. The molecule has 0 N–H and O–H groups in total. The molecule has 156 valence electrons. The van der Waals surface area contributed by atoms with Crippen LogP contribution in [0.5, 0.6) is 17.2 Å².